The van der Waals surface area contributed by atoms with Gasteiger partial charge in [0.15, 0.2) is 0 Å². The SMILES string of the molecule is CCC1CCC(CNC2CCC3(CCCC3)CC2)CC1. The summed E-state index contributed by atoms with van der Waals surface area (Å²) in [5.41, 5.74) is 0.803. The van der Waals surface area contributed by atoms with Gasteiger partial charge in [-0.25, -0.2) is 0 Å². The minimum Gasteiger partial charge on any atom is -0.314 e. The van der Waals surface area contributed by atoms with Gasteiger partial charge < -0.3 is 5.32 Å². The molecule has 3 aliphatic rings. The maximum atomic E-state index is 3.93. The molecule has 0 aliphatic heterocycles. The molecule has 0 bridgehead atoms. The van der Waals surface area contributed by atoms with Gasteiger partial charge in [-0.2, -0.15) is 0 Å². The fraction of sp³-hybridized carbons (Fsp3) is 1.00. The Bertz CT molecular complexity index is 274. The third kappa shape index (κ3) is 3.59. The lowest BCUT2D eigenvalue weighted by molar-refractivity contribution is 0.162. The lowest BCUT2D eigenvalue weighted by atomic mass is 9.71. The van der Waals surface area contributed by atoms with Crippen molar-refractivity contribution in [3.05, 3.63) is 0 Å². The first-order valence-electron chi connectivity index (χ1n) is 9.53. The third-order valence-electron chi connectivity index (χ3n) is 6.95. The van der Waals surface area contributed by atoms with Crippen LogP contribution in [0.3, 0.4) is 0 Å². The molecule has 116 valence electrons. The van der Waals surface area contributed by atoms with E-state index in [9.17, 15) is 0 Å². The standard InChI is InChI=1S/C19H35N/c1-2-16-5-7-17(8-6-16)15-20-18-9-13-19(14-10-18)11-3-4-12-19/h16-18,20H,2-15H2,1H3. The van der Waals surface area contributed by atoms with Gasteiger partial charge in [0.1, 0.15) is 0 Å². The van der Waals surface area contributed by atoms with Crippen LogP contribution in [0, 0.1) is 17.3 Å². The van der Waals surface area contributed by atoms with E-state index in [2.05, 4.69) is 12.2 Å². The summed E-state index contributed by atoms with van der Waals surface area (Å²) >= 11 is 0. The lowest BCUT2D eigenvalue weighted by Crippen LogP contribution is -2.39. The van der Waals surface area contributed by atoms with Crippen molar-refractivity contribution in [2.24, 2.45) is 17.3 Å². The number of hydrogen-bond donors (Lipinski definition) is 1. The molecule has 3 aliphatic carbocycles. The monoisotopic (exact) mass is 277 g/mol. The molecule has 1 spiro atoms. The van der Waals surface area contributed by atoms with Crippen LogP contribution in [0.15, 0.2) is 0 Å². The van der Waals surface area contributed by atoms with E-state index in [1.165, 1.54) is 77.2 Å². The molecule has 0 radical (unpaired) electrons. The van der Waals surface area contributed by atoms with Crippen LogP contribution in [-0.4, -0.2) is 12.6 Å². The van der Waals surface area contributed by atoms with E-state index in [-0.39, 0.29) is 0 Å². The maximum Gasteiger partial charge on any atom is 0.00675 e. The highest BCUT2D eigenvalue weighted by Crippen LogP contribution is 2.48. The van der Waals surface area contributed by atoms with Crippen molar-refractivity contribution in [3.63, 3.8) is 0 Å². The van der Waals surface area contributed by atoms with E-state index in [1.807, 2.05) is 0 Å². The molecule has 0 heterocycles. The zero-order valence-corrected chi connectivity index (χ0v) is 13.6. The van der Waals surface area contributed by atoms with Gasteiger partial charge in [0.2, 0.25) is 0 Å². The van der Waals surface area contributed by atoms with Gasteiger partial charge in [-0.05, 0) is 75.2 Å². The van der Waals surface area contributed by atoms with Gasteiger partial charge in [0, 0.05) is 6.04 Å². The molecule has 0 amide bonds. The molecule has 1 heteroatoms. The van der Waals surface area contributed by atoms with Crippen LogP contribution in [0.5, 0.6) is 0 Å². The Balaban J connectivity index is 1.34. The number of rotatable bonds is 4. The van der Waals surface area contributed by atoms with Crippen LogP contribution >= 0.6 is 0 Å². The molecule has 3 rings (SSSR count). The first kappa shape index (κ1) is 14.9. The Morgan fingerprint density at radius 2 is 1.40 bits per heavy atom. The first-order chi connectivity index (χ1) is 9.80. The highest BCUT2D eigenvalue weighted by molar-refractivity contribution is 4.91. The molecule has 3 saturated carbocycles. The Morgan fingerprint density at radius 1 is 0.800 bits per heavy atom. The third-order valence-corrected chi connectivity index (χ3v) is 6.95. The van der Waals surface area contributed by atoms with Gasteiger partial charge in [-0.3, -0.25) is 0 Å². The molecule has 0 aromatic carbocycles. The van der Waals surface area contributed by atoms with Crippen molar-refractivity contribution in [2.75, 3.05) is 6.54 Å². The van der Waals surface area contributed by atoms with Crippen molar-refractivity contribution in [1.29, 1.82) is 0 Å². The molecule has 0 aromatic rings. The quantitative estimate of drug-likeness (QED) is 0.735. The van der Waals surface area contributed by atoms with Gasteiger partial charge in [0.25, 0.3) is 0 Å². The van der Waals surface area contributed by atoms with Gasteiger partial charge >= 0.3 is 0 Å². The second-order valence-electron chi connectivity index (χ2n) is 8.18. The van der Waals surface area contributed by atoms with E-state index in [4.69, 9.17) is 0 Å². The molecule has 0 saturated heterocycles. The lowest BCUT2D eigenvalue weighted by Gasteiger charge is -2.38. The van der Waals surface area contributed by atoms with Crippen LogP contribution in [-0.2, 0) is 0 Å². The van der Waals surface area contributed by atoms with Gasteiger partial charge in [-0.1, -0.05) is 39.0 Å². The van der Waals surface area contributed by atoms with Crippen molar-refractivity contribution in [2.45, 2.75) is 96.4 Å². The predicted molar refractivity (Wildman–Crippen MR) is 86.9 cm³/mol. The van der Waals surface area contributed by atoms with Crippen molar-refractivity contribution < 1.29 is 0 Å². The van der Waals surface area contributed by atoms with Crippen molar-refractivity contribution >= 4 is 0 Å². The van der Waals surface area contributed by atoms with Crippen molar-refractivity contribution in [1.82, 2.24) is 5.32 Å². The summed E-state index contributed by atoms with van der Waals surface area (Å²) in [6.07, 6.45) is 19.5. The van der Waals surface area contributed by atoms with E-state index in [1.54, 1.807) is 12.8 Å². The molecular weight excluding hydrogens is 242 g/mol. The molecule has 1 N–H and O–H groups in total. The van der Waals surface area contributed by atoms with Gasteiger partial charge in [0.05, 0.1) is 0 Å². The Kier molecular flexibility index (Phi) is 5.07. The average molecular weight is 277 g/mol. The molecule has 1 nitrogen and oxygen atoms in total. The van der Waals surface area contributed by atoms with Crippen LogP contribution in [0.1, 0.15) is 90.4 Å². The van der Waals surface area contributed by atoms with Gasteiger partial charge in [-0.15, -0.1) is 0 Å². The zero-order valence-electron chi connectivity index (χ0n) is 13.6. The van der Waals surface area contributed by atoms with E-state index >= 15 is 0 Å². The Labute approximate surface area is 126 Å². The summed E-state index contributed by atoms with van der Waals surface area (Å²) in [7, 11) is 0. The van der Waals surface area contributed by atoms with Crippen LogP contribution in [0.25, 0.3) is 0 Å². The minimum atomic E-state index is 0.803. The molecule has 3 fully saturated rings. The number of hydrogen-bond acceptors (Lipinski definition) is 1. The maximum absolute atomic E-state index is 3.93. The molecule has 0 unspecified atom stereocenters. The van der Waals surface area contributed by atoms with Crippen molar-refractivity contribution in [3.8, 4) is 0 Å². The van der Waals surface area contributed by atoms with E-state index in [0.717, 1.165) is 23.3 Å². The molecular formula is C19H35N. The van der Waals surface area contributed by atoms with Crippen LogP contribution < -0.4 is 5.32 Å². The summed E-state index contributed by atoms with van der Waals surface area (Å²) in [4.78, 5) is 0. The molecule has 0 aromatic heterocycles. The van der Waals surface area contributed by atoms with Crippen LogP contribution in [0.4, 0.5) is 0 Å². The fourth-order valence-corrected chi connectivity index (χ4v) is 5.24. The summed E-state index contributed by atoms with van der Waals surface area (Å²) in [5, 5.41) is 3.93. The average Bonchev–Trinajstić information content (AvgIpc) is 2.96. The largest absolute Gasteiger partial charge is 0.314 e. The van der Waals surface area contributed by atoms with E-state index < -0.39 is 0 Å². The minimum absolute atomic E-state index is 0.803. The second-order valence-corrected chi connectivity index (χ2v) is 8.18. The highest BCUT2D eigenvalue weighted by atomic mass is 14.9. The molecule has 0 atom stereocenters. The Morgan fingerprint density at radius 3 is 2.00 bits per heavy atom. The first-order valence-corrected chi connectivity index (χ1v) is 9.53. The Hall–Kier alpha value is -0.0400. The fourth-order valence-electron chi connectivity index (χ4n) is 5.24. The summed E-state index contributed by atoms with van der Waals surface area (Å²) in [6, 6.07) is 0.852. The van der Waals surface area contributed by atoms with Crippen LogP contribution in [0.2, 0.25) is 0 Å². The number of nitrogens with one attached hydrogen (secondary N) is 1. The van der Waals surface area contributed by atoms with E-state index in [0.29, 0.717) is 0 Å². The topological polar surface area (TPSA) is 12.0 Å². The molecule has 20 heavy (non-hydrogen) atoms. The second kappa shape index (κ2) is 6.81. The zero-order chi connectivity index (χ0) is 13.8. The summed E-state index contributed by atoms with van der Waals surface area (Å²) in [6.45, 7) is 3.68. The smallest absolute Gasteiger partial charge is 0.00675 e. The highest BCUT2D eigenvalue weighted by Gasteiger charge is 2.37. The summed E-state index contributed by atoms with van der Waals surface area (Å²) in [5.74, 6) is 2.03. The summed E-state index contributed by atoms with van der Waals surface area (Å²) < 4.78 is 0. The predicted octanol–water partition coefficient (Wildman–Crippen LogP) is 5.30. The normalized spacial score (nSPS) is 34.6.